The number of aryl methyl sites for hydroxylation is 1. The zero-order valence-electron chi connectivity index (χ0n) is 19.5. The lowest BCUT2D eigenvalue weighted by Crippen LogP contribution is -2.18. The van der Waals surface area contributed by atoms with Crippen molar-refractivity contribution in [3.8, 4) is 22.7 Å². The number of amides is 1. The minimum Gasteiger partial charge on any atom is -0.481 e. The second-order valence-corrected chi connectivity index (χ2v) is 7.71. The summed E-state index contributed by atoms with van der Waals surface area (Å²) in [5, 5.41) is 4.04. The SMILES string of the molecule is COC(=O)COc1ccccc1/C=N/NC(=O)c1ccc(-n2c(C)ccc2-c2ccccc2)cc1. The Hall–Kier alpha value is -4.65. The summed E-state index contributed by atoms with van der Waals surface area (Å²) in [6.45, 7) is 1.83. The number of nitrogens with one attached hydrogen (secondary N) is 1. The number of hydrogen-bond donors (Lipinski definition) is 1. The van der Waals surface area contributed by atoms with Crippen molar-refractivity contribution in [2.45, 2.75) is 6.92 Å². The Balaban J connectivity index is 1.45. The van der Waals surface area contributed by atoms with E-state index < -0.39 is 5.97 Å². The van der Waals surface area contributed by atoms with E-state index in [0.29, 0.717) is 16.9 Å². The van der Waals surface area contributed by atoms with E-state index >= 15 is 0 Å². The van der Waals surface area contributed by atoms with Crippen molar-refractivity contribution in [1.29, 1.82) is 0 Å². The van der Waals surface area contributed by atoms with Gasteiger partial charge in [-0.05, 0) is 61.0 Å². The Morgan fingerprint density at radius 2 is 1.63 bits per heavy atom. The summed E-state index contributed by atoms with van der Waals surface area (Å²) < 4.78 is 12.2. The van der Waals surface area contributed by atoms with Gasteiger partial charge < -0.3 is 14.0 Å². The number of methoxy groups -OCH3 is 1. The first kappa shape index (κ1) is 23.5. The molecule has 0 saturated heterocycles. The molecule has 0 fully saturated rings. The van der Waals surface area contributed by atoms with Gasteiger partial charge in [0.25, 0.3) is 5.91 Å². The average Bonchev–Trinajstić information content (AvgIpc) is 3.29. The highest BCUT2D eigenvalue weighted by Gasteiger charge is 2.11. The van der Waals surface area contributed by atoms with E-state index in [1.165, 1.54) is 13.3 Å². The van der Waals surface area contributed by atoms with Crippen LogP contribution in [0.4, 0.5) is 0 Å². The normalized spacial score (nSPS) is 10.8. The average molecular weight is 468 g/mol. The third-order valence-corrected chi connectivity index (χ3v) is 5.40. The van der Waals surface area contributed by atoms with E-state index in [0.717, 1.165) is 22.6 Å². The van der Waals surface area contributed by atoms with Gasteiger partial charge in [-0.2, -0.15) is 5.10 Å². The summed E-state index contributed by atoms with van der Waals surface area (Å²) in [6, 6.07) is 28.7. The number of nitrogens with zero attached hydrogens (tertiary/aromatic N) is 2. The predicted octanol–water partition coefficient (Wildman–Crippen LogP) is 4.77. The van der Waals surface area contributed by atoms with E-state index in [9.17, 15) is 9.59 Å². The molecule has 35 heavy (non-hydrogen) atoms. The topological polar surface area (TPSA) is 81.9 Å². The molecule has 7 heteroatoms. The summed E-state index contributed by atoms with van der Waals surface area (Å²) in [4.78, 5) is 23.9. The molecule has 0 aliphatic carbocycles. The standard InChI is InChI=1S/C28H25N3O4/c1-20-12-17-25(21-8-4-3-5-9-21)31(20)24-15-13-22(14-16-24)28(33)30-29-18-23-10-6-7-11-26(23)35-19-27(32)34-2/h3-18H,19H2,1-2H3,(H,30,33)/b29-18+. The summed E-state index contributed by atoms with van der Waals surface area (Å²) in [6.07, 6.45) is 1.47. The van der Waals surface area contributed by atoms with Gasteiger partial charge in [-0.15, -0.1) is 0 Å². The van der Waals surface area contributed by atoms with Crippen LogP contribution in [0.2, 0.25) is 0 Å². The molecule has 0 aliphatic rings. The van der Waals surface area contributed by atoms with Crippen molar-refractivity contribution in [3.63, 3.8) is 0 Å². The Morgan fingerprint density at radius 3 is 2.37 bits per heavy atom. The van der Waals surface area contributed by atoms with Crippen molar-refractivity contribution in [2.24, 2.45) is 5.10 Å². The van der Waals surface area contributed by atoms with Crippen LogP contribution in [0.5, 0.6) is 5.75 Å². The number of esters is 1. The van der Waals surface area contributed by atoms with Crippen molar-refractivity contribution < 1.29 is 19.1 Å². The Morgan fingerprint density at radius 1 is 0.914 bits per heavy atom. The largest absolute Gasteiger partial charge is 0.481 e. The first-order valence-electron chi connectivity index (χ1n) is 11.0. The van der Waals surface area contributed by atoms with Crippen LogP contribution in [0.15, 0.2) is 96.1 Å². The van der Waals surface area contributed by atoms with Crippen LogP contribution in [0.25, 0.3) is 16.9 Å². The molecule has 0 spiro atoms. The van der Waals surface area contributed by atoms with Crippen molar-refractivity contribution in [2.75, 3.05) is 13.7 Å². The molecule has 4 aromatic rings. The van der Waals surface area contributed by atoms with Gasteiger partial charge in [0, 0.05) is 22.5 Å². The highest BCUT2D eigenvalue weighted by Crippen LogP contribution is 2.26. The molecule has 176 valence electrons. The number of ether oxygens (including phenoxy) is 2. The monoisotopic (exact) mass is 467 g/mol. The second kappa shape index (κ2) is 11.0. The minimum absolute atomic E-state index is 0.215. The number of benzene rings is 3. The molecule has 0 unspecified atom stereocenters. The smallest absolute Gasteiger partial charge is 0.343 e. The van der Waals surface area contributed by atoms with E-state index in [4.69, 9.17) is 4.74 Å². The van der Waals surface area contributed by atoms with E-state index in [-0.39, 0.29) is 12.5 Å². The molecule has 3 aromatic carbocycles. The maximum Gasteiger partial charge on any atom is 0.343 e. The molecule has 7 nitrogen and oxygen atoms in total. The zero-order chi connectivity index (χ0) is 24.6. The van der Waals surface area contributed by atoms with Crippen LogP contribution in [-0.2, 0) is 9.53 Å². The minimum atomic E-state index is -0.487. The first-order valence-corrected chi connectivity index (χ1v) is 11.0. The van der Waals surface area contributed by atoms with E-state index in [2.05, 4.69) is 51.0 Å². The van der Waals surface area contributed by atoms with Crippen LogP contribution < -0.4 is 10.2 Å². The van der Waals surface area contributed by atoms with Gasteiger partial charge in [0.15, 0.2) is 6.61 Å². The molecule has 1 N–H and O–H groups in total. The first-order chi connectivity index (χ1) is 17.1. The highest BCUT2D eigenvalue weighted by molar-refractivity contribution is 5.95. The third-order valence-electron chi connectivity index (χ3n) is 5.40. The number of carbonyl (C=O) groups excluding carboxylic acids is 2. The van der Waals surface area contributed by atoms with Crippen LogP contribution in [0, 0.1) is 6.92 Å². The number of para-hydroxylation sites is 1. The molecular weight excluding hydrogens is 442 g/mol. The van der Waals surface area contributed by atoms with E-state index in [1.54, 1.807) is 36.4 Å². The van der Waals surface area contributed by atoms with Gasteiger partial charge in [-0.3, -0.25) is 4.79 Å². The molecule has 0 aliphatic heterocycles. The molecule has 0 atom stereocenters. The Labute approximate surface area is 203 Å². The van der Waals surface area contributed by atoms with Gasteiger partial charge in [0.1, 0.15) is 5.75 Å². The van der Waals surface area contributed by atoms with Crippen LogP contribution in [0.3, 0.4) is 0 Å². The third kappa shape index (κ3) is 5.65. The second-order valence-electron chi connectivity index (χ2n) is 7.71. The molecule has 1 heterocycles. The molecular formula is C28H25N3O4. The van der Waals surface area contributed by atoms with Crippen molar-refractivity contribution >= 4 is 18.1 Å². The molecule has 0 radical (unpaired) electrons. The summed E-state index contributed by atoms with van der Waals surface area (Å²) in [7, 11) is 1.29. The lowest BCUT2D eigenvalue weighted by Gasteiger charge is -2.12. The van der Waals surface area contributed by atoms with Crippen LogP contribution in [-0.4, -0.2) is 36.4 Å². The van der Waals surface area contributed by atoms with Crippen LogP contribution >= 0.6 is 0 Å². The summed E-state index contributed by atoms with van der Waals surface area (Å²) in [5.41, 5.74) is 7.88. The molecule has 1 aromatic heterocycles. The maximum atomic E-state index is 12.6. The molecule has 0 saturated carbocycles. The fourth-order valence-corrected chi connectivity index (χ4v) is 3.62. The Kier molecular flexibility index (Phi) is 7.37. The molecule has 4 rings (SSSR count). The Bertz CT molecular complexity index is 1340. The number of aromatic nitrogens is 1. The predicted molar refractivity (Wildman–Crippen MR) is 135 cm³/mol. The highest BCUT2D eigenvalue weighted by atomic mass is 16.6. The zero-order valence-corrected chi connectivity index (χ0v) is 19.5. The summed E-state index contributed by atoms with van der Waals surface area (Å²) in [5.74, 6) is -0.371. The molecule has 1 amide bonds. The number of hydrazone groups is 1. The van der Waals surface area contributed by atoms with Gasteiger partial charge >= 0.3 is 5.97 Å². The number of hydrogen-bond acceptors (Lipinski definition) is 5. The van der Waals surface area contributed by atoms with Crippen LogP contribution in [0.1, 0.15) is 21.6 Å². The number of carbonyl (C=O) groups is 2. The quantitative estimate of drug-likeness (QED) is 0.230. The van der Waals surface area contributed by atoms with Gasteiger partial charge in [0.2, 0.25) is 0 Å². The summed E-state index contributed by atoms with van der Waals surface area (Å²) >= 11 is 0. The van der Waals surface area contributed by atoms with Gasteiger partial charge in [-0.25, -0.2) is 10.2 Å². The fourth-order valence-electron chi connectivity index (χ4n) is 3.62. The lowest BCUT2D eigenvalue weighted by atomic mass is 10.1. The van der Waals surface area contributed by atoms with Gasteiger partial charge in [0.05, 0.1) is 19.0 Å². The van der Waals surface area contributed by atoms with E-state index in [1.807, 2.05) is 30.3 Å². The van der Waals surface area contributed by atoms with Crippen molar-refractivity contribution in [3.05, 3.63) is 108 Å². The van der Waals surface area contributed by atoms with Crippen molar-refractivity contribution in [1.82, 2.24) is 9.99 Å². The maximum absolute atomic E-state index is 12.6. The van der Waals surface area contributed by atoms with Gasteiger partial charge in [-0.1, -0.05) is 42.5 Å². The lowest BCUT2D eigenvalue weighted by molar-refractivity contribution is -0.142. The molecule has 0 bridgehead atoms. The fraction of sp³-hybridized carbons (Fsp3) is 0.107. The number of rotatable bonds is 8.